The molecule has 0 saturated carbocycles. The van der Waals surface area contributed by atoms with Gasteiger partial charge < -0.3 is 0 Å². The maximum atomic E-state index is 13.3. The highest BCUT2D eigenvalue weighted by atomic mass is 32.2. The molecule has 0 bridgehead atoms. The number of hydrogen-bond donors (Lipinski definition) is 0. The molecule has 0 amide bonds. The van der Waals surface area contributed by atoms with E-state index in [9.17, 15) is 16.8 Å². The van der Waals surface area contributed by atoms with Crippen LogP contribution >= 0.6 is 0 Å². The number of benzene rings is 2. The minimum absolute atomic E-state index is 0.116. The van der Waals surface area contributed by atoms with Crippen LogP contribution in [0.4, 0.5) is 0 Å². The van der Waals surface area contributed by atoms with Crippen LogP contribution in [0.15, 0.2) is 64.4 Å². The molecule has 1 saturated heterocycles. The molecule has 1 fully saturated rings. The summed E-state index contributed by atoms with van der Waals surface area (Å²) in [4.78, 5) is 0.344. The number of rotatable bonds is 5. The minimum Gasteiger partial charge on any atom is -0.207 e. The van der Waals surface area contributed by atoms with Gasteiger partial charge in [-0.15, -0.1) is 0 Å². The van der Waals surface area contributed by atoms with Crippen LogP contribution in [0.1, 0.15) is 26.3 Å². The summed E-state index contributed by atoms with van der Waals surface area (Å²) in [5.74, 6) is -0.219. The third-order valence-electron chi connectivity index (χ3n) is 4.98. The van der Waals surface area contributed by atoms with E-state index < -0.39 is 32.3 Å². The summed E-state index contributed by atoms with van der Waals surface area (Å²) in [6, 6.07) is 14.3. The van der Waals surface area contributed by atoms with E-state index in [0.29, 0.717) is 0 Å². The SMILES string of the molecule is Cc1ccc(S(=O)(=O)N2C[C@H](C)N(S(=O)(=O)c3ccccc3)[C@@H]2C(C)C)cc1. The first-order valence-corrected chi connectivity index (χ1v) is 12.1. The Kier molecular flexibility index (Phi) is 5.69. The van der Waals surface area contributed by atoms with Crippen LogP contribution in [0.2, 0.25) is 0 Å². The Bertz CT molecular complexity index is 1030. The third-order valence-corrected chi connectivity index (χ3v) is 8.83. The summed E-state index contributed by atoms with van der Waals surface area (Å²) in [6.45, 7) is 7.44. The number of nitrogens with zero attached hydrogens (tertiary/aromatic N) is 2. The summed E-state index contributed by atoms with van der Waals surface area (Å²) in [5, 5.41) is 0. The van der Waals surface area contributed by atoms with Crippen LogP contribution in [0.25, 0.3) is 0 Å². The Labute approximate surface area is 167 Å². The van der Waals surface area contributed by atoms with Gasteiger partial charge in [-0.1, -0.05) is 49.7 Å². The van der Waals surface area contributed by atoms with Crippen LogP contribution in [0.5, 0.6) is 0 Å². The molecule has 6 nitrogen and oxygen atoms in total. The molecule has 28 heavy (non-hydrogen) atoms. The highest BCUT2D eigenvalue weighted by Crippen LogP contribution is 2.35. The summed E-state index contributed by atoms with van der Waals surface area (Å²) in [6.07, 6.45) is -0.786. The second kappa shape index (κ2) is 7.59. The molecule has 0 N–H and O–H groups in total. The number of aryl methyl sites for hydroxylation is 1. The molecule has 8 heteroatoms. The van der Waals surface area contributed by atoms with Crippen molar-refractivity contribution in [3.8, 4) is 0 Å². The molecule has 0 radical (unpaired) electrons. The van der Waals surface area contributed by atoms with Crippen molar-refractivity contribution < 1.29 is 16.8 Å². The van der Waals surface area contributed by atoms with Gasteiger partial charge in [0, 0.05) is 12.6 Å². The lowest BCUT2D eigenvalue weighted by atomic mass is 10.2. The molecular formula is C20H26N2O4S2. The lowest BCUT2D eigenvalue weighted by molar-refractivity contribution is 0.208. The fourth-order valence-corrected chi connectivity index (χ4v) is 7.42. The van der Waals surface area contributed by atoms with Crippen molar-refractivity contribution in [1.29, 1.82) is 0 Å². The molecular weight excluding hydrogens is 396 g/mol. The maximum Gasteiger partial charge on any atom is 0.244 e. The molecule has 0 spiro atoms. The average Bonchev–Trinajstić information content (AvgIpc) is 3.02. The first-order valence-electron chi connectivity index (χ1n) is 9.24. The fraction of sp³-hybridized carbons (Fsp3) is 0.400. The molecule has 2 aromatic carbocycles. The topological polar surface area (TPSA) is 74.8 Å². The van der Waals surface area contributed by atoms with Crippen LogP contribution < -0.4 is 0 Å². The van der Waals surface area contributed by atoms with Gasteiger partial charge in [-0.2, -0.15) is 8.61 Å². The Hall–Kier alpha value is -1.74. The first-order chi connectivity index (χ1) is 13.1. The minimum atomic E-state index is -3.84. The van der Waals surface area contributed by atoms with Gasteiger partial charge in [-0.05, 0) is 44.0 Å². The first kappa shape index (κ1) is 21.0. The smallest absolute Gasteiger partial charge is 0.207 e. The zero-order valence-corrected chi connectivity index (χ0v) is 18.1. The van der Waals surface area contributed by atoms with E-state index in [2.05, 4.69) is 0 Å². The van der Waals surface area contributed by atoms with Crippen molar-refractivity contribution in [2.24, 2.45) is 5.92 Å². The summed E-state index contributed by atoms with van der Waals surface area (Å²) < 4.78 is 55.9. The summed E-state index contributed by atoms with van der Waals surface area (Å²) >= 11 is 0. The average molecular weight is 423 g/mol. The van der Waals surface area contributed by atoms with Gasteiger partial charge in [0.25, 0.3) is 0 Å². The molecule has 3 rings (SSSR count). The predicted octanol–water partition coefficient (Wildman–Crippen LogP) is 3.06. The lowest BCUT2D eigenvalue weighted by Crippen LogP contribution is -2.48. The standard InChI is InChI=1S/C20H26N2O4S2/c1-15(2)20-21(27(23,24)19-12-10-16(3)11-13-19)14-17(4)22(20)28(25,26)18-8-6-5-7-9-18/h5-13,15,17,20H,14H2,1-4H3/t17-,20+/m0/s1. The van der Waals surface area contributed by atoms with Gasteiger partial charge in [-0.3, -0.25) is 0 Å². The van der Waals surface area contributed by atoms with E-state index >= 15 is 0 Å². The normalized spacial score (nSPS) is 22.0. The highest BCUT2D eigenvalue weighted by molar-refractivity contribution is 7.90. The van der Waals surface area contributed by atoms with Crippen LogP contribution in [-0.4, -0.2) is 44.2 Å². The Morgan fingerprint density at radius 3 is 1.93 bits per heavy atom. The highest BCUT2D eigenvalue weighted by Gasteiger charge is 2.50. The Morgan fingerprint density at radius 1 is 0.857 bits per heavy atom. The second-order valence-corrected chi connectivity index (χ2v) is 11.3. The molecule has 0 aromatic heterocycles. The van der Waals surface area contributed by atoms with E-state index in [0.717, 1.165) is 5.56 Å². The van der Waals surface area contributed by atoms with E-state index in [1.54, 1.807) is 49.4 Å². The molecule has 2 aromatic rings. The molecule has 1 aliphatic rings. The summed E-state index contributed by atoms with van der Waals surface area (Å²) in [7, 11) is -7.67. The van der Waals surface area contributed by atoms with E-state index in [1.165, 1.54) is 20.7 Å². The number of sulfonamides is 2. The zero-order chi connectivity index (χ0) is 20.7. The van der Waals surface area contributed by atoms with Crippen LogP contribution in [0, 0.1) is 12.8 Å². The molecule has 2 atom stereocenters. The van der Waals surface area contributed by atoms with Gasteiger partial charge in [0.1, 0.15) is 0 Å². The second-order valence-electron chi connectivity index (χ2n) is 7.54. The van der Waals surface area contributed by atoms with Gasteiger partial charge in [0.05, 0.1) is 16.0 Å². The molecule has 0 aliphatic carbocycles. The van der Waals surface area contributed by atoms with Gasteiger partial charge in [0.2, 0.25) is 20.0 Å². The van der Waals surface area contributed by atoms with Crippen molar-refractivity contribution in [3.63, 3.8) is 0 Å². The van der Waals surface area contributed by atoms with Crippen molar-refractivity contribution in [2.75, 3.05) is 6.54 Å². The van der Waals surface area contributed by atoms with E-state index in [1.807, 2.05) is 20.8 Å². The summed E-state index contributed by atoms with van der Waals surface area (Å²) in [5.41, 5.74) is 0.961. The molecule has 152 valence electrons. The van der Waals surface area contributed by atoms with Crippen molar-refractivity contribution >= 4 is 20.0 Å². The maximum absolute atomic E-state index is 13.3. The van der Waals surface area contributed by atoms with Gasteiger partial charge >= 0.3 is 0 Å². The molecule has 1 aliphatic heterocycles. The van der Waals surface area contributed by atoms with Crippen molar-refractivity contribution in [3.05, 3.63) is 60.2 Å². The monoisotopic (exact) mass is 422 g/mol. The Balaban J connectivity index is 2.07. The van der Waals surface area contributed by atoms with Crippen LogP contribution in [-0.2, 0) is 20.0 Å². The molecule has 1 heterocycles. The van der Waals surface area contributed by atoms with E-state index in [-0.39, 0.29) is 22.3 Å². The fourth-order valence-electron chi connectivity index (χ4n) is 3.64. The zero-order valence-electron chi connectivity index (χ0n) is 16.5. The van der Waals surface area contributed by atoms with Crippen molar-refractivity contribution in [1.82, 2.24) is 8.61 Å². The Morgan fingerprint density at radius 2 is 1.39 bits per heavy atom. The third kappa shape index (κ3) is 3.61. The van der Waals surface area contributed by atoms with Gasteiger partial charge in [-0.25, -0.2) is 16.8 Å². The largest absolute Gasteiger partial charge is 0.244 e. The number of hydrogen-bond acceptors (Lipinski definition) is 4. The molecule has 0 unspecified atom stereocenters. The van der Waals surface area contributed by atoms with Gasteiger partial charge in [0.15, 0.2) is 0 Å². The lowest BCUT2D eigenvalue weighted by Gasteiger charge is -2.33. The predicted molar refractivity (Wildman–Crippen MR) is 109 cm³/mol. The van der Waals surface area contributed by atoms with Crippen molar-refractivity contribution in [2.45, 2.75) is 49.7 Å². The quantitative estimate of drug-likeness (QED) is 0.742. The van der Waals surface area contributed by atoms with Crippen LogP contribution in [0.3, 0.4) is 0 Å². The van der Waals surface area contributed by atoms with E-state index in [4.69, 9.17) is 0 Å².